The Morgan fingerprint density at radius 3 is 2.48 bits per heavy atom. The smallest absolute Gasteiger partial charge is 0.319 e. The molecule has 1 heterocycles. The van der Waals surface area contributed by atoms with Crippen molar-refractivity contribution in [2.24, 2.45) is 0 Å². The first-order chi connectivity index (χ1) is 13.0. The molecule has 0 fully saturated rings. The first-order valence-corrected chi connectivity index (χ1v) is 8.91. The lowest BCUT2D eigenvalue weighted by Crippen LogP contribution is -2.28. The number of carbonyl (C=O) groups excluding carboxylic acids is 1. The highest BCUT2D eigenvalue weighted by Gasteiger charge is 2.12. The summed E-state index contributed by atoms with van der Waals surface area (Å²) in [4.78, 5) is 12.2. The van der Waals surface area contributed by atoms with Gasteiger partial charge in [0.25, 0.3) is 0 Å². The number of amides is 2. The van der Waals surface area contributed by atoms with Crippen LogP contribution < -0.4 is 15.4 Å². The maximum Gasteiger partial charge on any atom is 0.319 e. The van der Waals surface area contributed by atoms with Crippen molar-refractivity contribution in [2.75, 3.05) is 12.4 Å². The quantitative estimate of drug-likeness (QED) is 0.688. The Bertz CT molecular complexity index is 943. The zero-order chi connectivity index (χ0) is 19.4. The fourth-order valence-corrected chi connectivity index (χ4v) is 3.15. The third-order valence-electron chi connectivity index (χ3n) is 4.60. The highest BCUT2D eigenvalue weighted by atomic mass is 16.5. The highest BCUT2D eigenvalue weighted by molar-refractivity contribution is 5.89. The van der Waals surface area contributed by atoms with Gasteiger partial charge in [-0.05, 0) is 56.7 Å². The summed E-state index contributed by atoms with van der Waals surface area (Å²) in [5, 5.41) is 5.75. The van der Waals surface area contributed by atoms with Crippen molar-refractivity contribution in [3.05, 3.63) is 77.1 Å². The number of ether oxygens (including phenoxy) is 1. The SMILES string of the molecule is COc1cccc(NC(=O)NCc2cc(C)n(-c3ccc(C)cc3)c2C)c1. The summed E-state index contributed by atoms with van der Waals surface area (Å²) in [6.07, 6.45) is 0. The molecule has 2 amide bonds. The number of aryl methyl sites for hydroxylation is 2. The lowest BCUT2D eigenvalue weighted by molar-refractivity contribution is 0.251. The van der Waals surface area contributed by atoms with E-state index < -0.39 is 0 Å². The van der Waals surface area contributed by atoms with E-state index in [1.807, 2.05) is 18.2 Å². The van der Waals surface area contributed by atoms with Crippen LogP contribution in [-0.2, 0) is 6.54 Å². The van der Waals surface area contributed by atoms with Crippen molar-refractivity contribution in [1.82, 2.24) is 9.88 Å². The molecule has 2 N–H and O–H groups in total. The number of urea groups is 1. The molecule has 0 unspecified atom stereocenters. The number of anilines is 1. The van der Waals surface area contributed by atoms with E-state index in [0.717, 1.165) is 22.6 Å². The zero-order valence-corrected chi connectivity index (χ0v) is 16.2. The summed E-state index contributed by atoms with van der Waals surface area (Å²) >= 11 is 0. The van der Waals surface area contributed by atoms with Crippen LogP contribution in [0, 0.1) is 20.8 Å². The lowest BCUT2D eigenvalue weighted by atomic mass is 10.2. The maximum absolute atomic E-state index is 12.2. The summed E-state index contributed by atoms with van der Waals surface area (Å²) < 4.78 is 7.38. The van der Waals surface area contributed by atoms with E-state index in [1.54, 1.807) is 13.2 Å². The van der Waals surface area contributed by atoms with Gasteiger partial charge in [0.05, 0.1) is 7.11 Å². The number of nitrogens with zero attached hydrogens (tertiary/aromatic N) is 1. The Hall–Kier alpha value is -3.21. The molecule has 5 heteroatoms. The van der Waals surface area contributed by atoms with E-state index in [-0.39, 0.29) is 6.03 Å². The van der Waals surface area contributed by atoms with Gasteiger partial charge in [-0.25, -0.2) is 4.79 Å². The molecule has 3 rings (SSSR count). The number of benzene rings is 2. The molecule has 0 aliphatic carbocycles. The van der Waals surface area contributed by atoms with Crippen molar-refractivity contribution in [3.8, 4) is 11.4 Å². The van der Waals surface area contributed by atoms with Gasteiger partial charge in [-0.3, -0.25) is 0 Å². The van der Waals surface area contributed by atoms with Gasteiger partial charge in [-0.15, -0.1) is 0 Å². The number of methoxy groups -OCH3 is 1. The predicted octanol–water partition coefficient (Wildman–Crippen LogP) is 4.73. The molecule has 140 valence electrons. The summed E-state index contributed by atoms with van der Waals surface area (Å²) in [6, 6.07) is 17.6. The van der Waals surface area contributed by atoms with E-state index >= 15 is 0 Å². The van der Waals surface area contributed by atoms with E-state index in [2.05, 4.69) is 66.3 Å². The van der Waals surface area contributed by atoms with Crippen molar-refractivity contribution < 1.29 is 9.53 Å². The Morgan fingerprint density at radius 1 is 1.04 bits per heavy atom. The van der Waals surface area contributed by atoms with Gasteiger partial charge in [0.1, 0.15) is 5.75 Å². The standard InChI is InChI=1S/C22H25N3O2/c1-15-8-10-20(11-9-15)25-16(2)12-18(17(25)3)14-23-22(26)24-19-6-5-7-21(13-19)27-4/h5-13H,14H2,1-4H3,(H2,23,24,26). The number of hydrogen-bond acceptors (Lipinski definition) is 2. The van der Waals surface area contributed by atoms with Gasteiger partial charge in [0.15, 0.2) is 0 Å². The van der Waals surface area contributed by atoms with Crippen LogP contribution in [0.15, 0.2) is 54.6 Å². The van der Waals surface area contributed by atoms with E-state index in [0.29, 0.717) is 18.0 Å². The van der Waals surface area contributed by atoms with Crippen molar-refractivity contribution in [1.29, 1.82) is 0 Å². The van der Waals surface area contributed by atoms with Gasteiger partial charge in [-0.1, -0.05) is 23.8 Å². The van der Waals surface area contributed by atoms with Crippen LogP contribution >= 0.6 is 0 Å². The van der Waals surface area contributed by atoms with Crippen molar-refractivity contribution in [3.63, 3.8) is 0 Å². The fourth-order valence-electron chi connectivity index (χ4n) is 3.15. The first kappa shape index (κ1) is 18.6. The molecule has 0 aliphatic rings. The Balaban J connectivity index is 1.68. The Kier molecular flexibility index (Phi) is 5.50. The monoisotopic (exact) mass is 363 g/mol. The van der Waals surface area contributed by atoms with E-state index in [4.69, 9.17) is 4.74 Å². The average Bonchev–Trinajstić information content (AvgIpc) is 2.94. The van der Waals surface area contributed by atoms with Crippen LogP contribution in [0.25, 0.3) is 5.69 Å². The molecule has 0 saturated heterocycles. The van der Waals surface area contributed by atoms with Crippen LogP contribution in [0.5, 0.6) is 5.75 Å². The number of carbonyl (C=O) groups is 1. The lowest BCUT2D eigenvalue weighted by Gasteiger charge is -2.11. The number of hydrogen-bond donors (Lipinski definition) is 2. The van der Waals surface area contributed by atoms with Crippen LogP contribution in [0.2, 0.25) is 0 Å². The minimum absolute atomic E-state index is 0.247. The zero-order valence-electron chi connectivity index (χ0n) is 16.2. The Morgan fingerprint density at radius 2 is 1.78 bits per heavy atom. The minimum atomic E-state index is -0.247. The number of rotatable bonds is 5. The highest BCUT2D eigenvalue weighted by Crippen LogP contribution is 2.21. The molecule has 0 aliphatic heterocycles. The fraction of sp³-hybridized carbons (Fsp3) is 0.227. The molecule has 27 heavy (non-hydrogen) atoms. The number of nitrogens with one attached hydrogen (secondary N) is 2. The first-order valence-electron chi connectivity index (χ1n) is 8.91. The minimum Gasteiger partial charge on any atom is -0.497 e. The van der Waals surface area contributed by atoms with Crippen LogP contribution in [0.4, 0.5) is 10.5 Å². The molecule has 0 saturated carbocycles. The predicted molar refractivity (Wildman–Crippen MR) is 109 cm³/mol. The summed E-state index contributed by atoms with van der Waals surface area (Å²) in [7, 11) is 1.60. The summed E-state index contributed by atoms with van der Waals surface area (Å²) in [6.45, 7) is 6.69. The molecule has 0 radical (unpaired) electrons. The molecule has 0 bridgehead atoms. The number of aromatic nitrogens is 1. The summed E-state index contributed by atoms with van der Waals surface area (Å²) in [5.41, 5.74) is 6.41. The largest absolute Gasteiger partial charge is 0.497 e. The third kappa shape index (κ3) is 4.31. The van der Waals surface area contributed by atoms with Crippen LogP contribution in [0.1, 0.15) is 22.5 Å². The molecular formula is C22H25N3O2. The molecule has 1 aromatic heterocycles. The van der Waals surface area contributed by atoms with E-state index in [9.17, 15) is 4.79 Å². The van der Waals surface area contributed by atoms with Gasteiger partial charge in [-0.2, -0.15) is 0 Å². The molecular weight excluding hydrogens is 338 g/mol. The van der Waals surface area contributed by atoms with Crippen molar-refractivity contribution in [2.45, 2.75) is 27.3 Å². The van der Waals surface area contributed by atoms with Gasteiger partial charge in [0.2, 0.25) is 0 Å². The van der Waals surface area contributed by atoms with Crippen LogP contribution in [0.3, 0.4) is 0 Å². The molecule has 3 aromatic rings. The van der Waals surface area contributed by atoms with Gasteiger partial charge < -0.3 is 19.9 Å². The second kappa shape index (κ2) is 7.99. The van der Waals surface area contributed by atoms with Gasteiger partial charge in [0, 0.05) is 35.4 Å². The normalized spacial score (nSPS) is 10.5. The van der Waals surface area contributed by atoms with Gasteiger partial charge >= 0.3 is 6.03 Å². The molecule has 0 atom stereocenters. The third-order valence-corrected chi connectivity index (χ3v) is 4.60. The molecule has 2 aromatic carbocycles. The van der Waals surface area contributed by atoms with Crippen molar-refractivity contribution >= 4 is 11.7 Å². The van der Waals surface area contributed by atoms with E-state index in [1.165, 1.54) is 5.56 Å². The molecule has 5 nitrogen and oxygen atoms in total. The topological polar surface area (TPSA) is 55.3 Å². The summed E-state index contributed by atoms with van der Waals surface area (Å²) in [5.74, 6) is 0.703. The Labute approximate surface area is 160 Å². The second-order valence-corrected chi connectivity index (χ2v) is 6.61. The average molecular weight is 363 g/mol. The molecule has 0 spiro atoms. The maximum atomic E-state index is 12.2. The second-order valence-electron chi connectivity index (χ2n) is 6.61. The van der Waals surface area contributed by atoms with Crippen LogP contribution in [-0.4, -0.2) is 17.7 Å².